The van der Waals surface area contributed by atoms with Crippen LogP contribution in [0, 0.1) is 6.92 Å². The van der Waals surface area contributed by atoms with Gasteiger partial charge < -0.3 is 0 Å². The van der Waals surface area contributed by atoms with Gasteiger partial charge in [-0.2, -0.15) is 0 Å². The Bertz CT molecular complexity index is 572. The predicted molar refractivity (Wildman–Crippen MR) is 75.7 cm³/mol. The predicted octanol–water partition coefficient (Wildman–Crippen LogP) is 3.56. The Morgan fingerprint density at radius 2 is 1.81 bits per heavy atom. The van der Waals surface area contributed by atoms with Gasteiger partial charge in [-0.3, -0.25) is 0 Å². The van der Waals surface area contributed by atoms with E-state index in [1.165, 1.54) is 7.11 Å². The van der Waals surface area contributed by atoms with E-state index in [0.717, 1.165) is 5.56 Å². The second kappa shape index (κ2) is 7.15. The van der Waals surface area contributed by atoms with Crippen LogP contribution < -0.4 is 0 Å². The zero-order valence-corrected chi connectivity index (χ0v) is 14.5. The van der Waals surface area contributed by atoms with E-state index in [-0.39, 0.29) is 40.1 Å². The summed E-state index contributed by atoms with van der Waals surface area (Å²) < 4.78 is 42.9. The van der Waals surface area contributed by atoms with Gasteiger partial charge in [0.25, 0.3) is 0 Å². The summed E-state index contributed by atoms with van der Waals surface area (Å²) in [5, 5.41) is 0. The summed E-state index contributed by atoms with van der Waals surface area (Å²) in [7, 11) is 1.17. The molecule has 0 amide bonds. The summed E-state index contributed by atoms with van der Waals surface area (Å²) in [6, 6.07) is 6.70. The van der Waals surface area contributed by atoms with Crippen LogP contribution in [0.5, 0.6) is 0 Å². The minimum atomic E-state index is -4.42. The molecule has 1 aromatic rings. The van der Waals surface area contributed by atoms with E-state index < -0.39 is 15.7 Å². The topological polar surface area (TPSA) is 26.3 Å². The molecule has 0 unspecified atom stereocenters. The quantitative estimate of drug-likeness (QED) is 0.438. The van der Waals surface area contributed by atoms with Crippen molar-refractivity contribution >= 4 is 34.1 Å². The molecule has 1 rings (SSSR count). The molecule has 1 aromatic carbocycles. The number of methoxy groups -OCH3 is 1. The maximum absolute atomic E-state index is 13.0. The van der Waals surface area contributed by atoms with Gasteiger partial charge in [-0.25, -0.2) is 0 Å². The number of carbonyl (C=O) groups excluding carboxylic acids is 1. The molecule has 2 radical (unpaired) electrons. The number of hydrogen-bond acceptors (Lipinski definition) is 2. The number of benzene rings is 1. The van der Waals surface area contributed by atoms with Crippen molar-refractivity contribution in [2.24, 2.45) is 0 Å². The number of allylic oxidation sites excluding steroid dienone is 2. The normalized spacial score (nSPS) is 12.6. The molecule has 0 aliphatic carbocycles. The summed E-state index contributed by atoms with van der Waals surface area (Å²) in [5.41, 5.74) is 1.45. The van der Waals surface area contributed by atoms with Crippen LogP contribution in [0.4, 0.5) is 13.2 Å². The number of halogens is 3. The Morgan fingerprint density at radius 3 is 2.24 bits per heavy atom. The first kappa shape index (κ1) is 17.8. The molecule has 2 nitrogen and oxygen atoms in total. The van der Waals surface area contributed by atoms with E-state index in [9.17, 15) is 18.0 Å². The number of hydrogen-bond donors (Lipinski definition) is 0. The molecular weight excluding hydrogens is 388 g/mol. The van der Waals surface area contributed by atoms with Crippen molar-refractivity contribution in [3.05, 3.63) is 51.1 Å². The van der Waals surface area contributed by atoms with Crippen molar-refractivity contribution in [3.8, 4) is 0 Å². The third-order valence-electron chi connectivity index (χ3n) is 2.85. The number of aryl methyl sites for hydroxylation is 1. The zero-order valence-electron chi connectivity index (χ0n) is 11.7. The summed E-state index contributed by atoms with van der Waals surface area (Å²) in [5.74, 6) is -0.703. The SMILES string of the molecule is C=C(C/C(=[C](/[Sn+])C(F)(F)F)c1ccc(C)cc1)C(=O)OC. The fourth-order valence-electron chi connectivity index (χ4n) is 1.69. The van der Waals surface area contributed by atoms with Crippen LogP contribution in [0.3, 0.4) is 0 Å². The van der Waals surface area contributed by atoms with Crippen molar-refractivity contribution in [2.75, 3.05) is 7.11 Å². The van der Waals surface area contributed by atoms with Crippen molar-refractivity contribution in [3.63, 3.8) is 0 Å². The molecule has 0 aliphatic rings. The number of esters is 1. The summed E-state index contributed by atoms with van der Waals surface area (Å²) in [4.78, 5) is 11.4. The van der Waals surface area contributed by atoms with Gasteiger partial charge >= 0.3 is 135 Å². The Hall–Kier alpha value is -1.24. The standard InChI is InChI=1S/C15H14F3O2.Sn/c1-10-4-6-12(7-5-10)13(9-15(16,17)18)8-11(2)14(19)20-3;/h4-7H,2,8H2,1,3H3;/q;+1. The van der Waals surface area contributed by atoms with Crippen molar-refractivity contribution < 1.29 is 22.7 Å². The van der Waals surface area contributed by atoms with Gasteiger partial charge in [-0.1, -0.05) is 0 Å². The maximum atomic E-state index is 13.0. The number of rotatable bonds is 4. The van der Waals surface area contributed by atoms with Crippen LogP contribution in [0.15, 0.2) is 40.0 Å². The summed E-state index contributed by atoms with van der Waals surface area (Å²) >= 11 is 0.241. The van der Waals surface area contributed by atoms with Gasteiger partial charge in [0.05, 0.1) is 0 Å². The molecule has 0 bridgehead atoms. The third kappa shape index (κ3) is 4.91. The van der Waals surface area contributed by atoms with E-state index in [1.54, 1.807) is 24.3 Å². The van der Waals surface area contributed by atoms with Gasteiger partial charge in [-0.15, -0.1) is 0 Å². The Morgan fingerprint density at radius 1 is 1.29 bits per heavy atom. The van der Waals surface area contributed by atoms with Gasteiger partial charge in [0.2, 0.25) is 0 Å². The van der Waals surface area contributed by atoms with E-state index in [4.69, 9.17) is 0 Å². The van der Waals surface area contributed by atoms with Gasteiger partial charge in [0, 0.05) is 0 Å². The third-order valence-corrected chi connectivity index (χ3v) is 4.52. The fourth-order valence-corrected chi connectivity index (χ4v) is 2.35. The Balaban J connectivity index is 3.28. The first-order valence-corrected chi connectivity index (χ1v) is 7.44. The van der Waals surface area contributed by atoms with Crippen molar-refractivity contribution in [1.82, 2.24) is 0 Å². The molecule has 0 saturated heterocycles. The number of alkyl halides is 3. The summed E-state index contributed by atoms with van der Waals surface area (Å²) in [6.07, 6.45) is -4.61. The second-order valence-electron chi connectivity index (χ2n) is 4.49. The Kier molecular flexibility index (Phi) is 6.07. The molecule has 0 fully saturated rings. The zero-order chi connectivity index (χ0) is 16.2. The number of ether oxygens (including phenoxy) is 1. The average Bonchev–Trinajstić information content (AvgIpc) is 2.43. The van der Waals surface area contributed by atoms with E-state index in [0.29, 0.717) is 5.56 Å². The number of carbonyl (C=O) groups is 1. The Labute approximate surface area is 134 Å². The molecule has 0 saturated carbocycles. The van der Waals surface area contributed by atoms with Crippen molar-refractivity contribution in [2.45, 2.75) is 19.5 Å². The molecule has 0 atom stereocenters. The molecule has 0 aliphatic heterocycles. The van der Waals surface area contributed by atoms with Crippen molar-refractivity contribution in [1.29, 1.82) is 0 Å². The molecule has 0 heterocycles. The molecule has 0 aromatic heterocycles. The molecule has 21 heavy (non-hydrogen) atoms. The second-order valence-corrected chi connectivity index (χ2v) is 5.92. The monoisotopic (exact) mass is 403 g/mol. The molecular formula is C15H14F3O2Sn+. The van der Waals surface area contributed by atoms with Gasteiger partial charge in [0.15, 0.2) is 0 Å². The van der Waals surface area contributed by atoms with E-state index in [1.807, 2.05) is 6.92 Å². The van der Waals surface area contributed by atoms with Crippen LogP contribution in [0.2, 0.25) is 0 Å². The van der Waals surface area contributed by atoms with E-state index in [2.05, 4.69) is 11.3 Å². The van der Waals surface area contributed by atoms with Gasteiger partial charge in [0.1, 0.15) is 0 Å². The average molecular weight is 402 g/mol. The van der Waals surface area contributed by atoms with Crippen LogP contribution in [-0.4, -0.2) is 41.8 Å². The van der Waals surface area contributed by atoms with Crippen LogP contribution in [-0.2, 0) is 9.53 Å². The van der Waals surface area contributed by atoms with Crippen LogP contribution in [0.25, 0.3) is 5.57 Å². The molecule has 6 heteroatoms. The minimum absolute atomic E-state index is 0.00257. The molecule has 0 spiro atoms. The first-order chi connectivity index (χ1) is 9.66. The van der Waals surface area contributed by atoms with Gasteiger partial charge in [-0.05, 0) is 0 Å². The van der Waals surface area contributed by atoms with E-state index >= 15 is 0 Å². The summed E-state index contributed by atoms with van der Waals surface area (Å²) in [6.45, 7) is 5.36. The molecule has 110 valence electrons. The first-order valence-electron chi connectivity index (χ1n) is 6.02. The fraction of sp³-hybridized carbons (Fsp3) is 0.267. The van der Waals surface area contributed by atoms with Crippen LogP contribution >= 0.6 is 0 Å². The molecule has 0 N–H and O–H groups in total. The van der Waals surface area contributed by atoms with Crippen LogP contribution in [0.1, 0.15) is 17.5 Å².